The van der Waals surface area contributed by atoms with Crippen molar-refractivity contribution in [2.24, 2.45) is 0 Å². The van der Waals surface area contributed by atoms with Crippen molar-refractivity contribution in [2.75, 3.05) is 5.32 Å². The Labute approximate surface area is 95.5 Å². The van der Waals surface area contributed by atoms with Crippen LogP contribution >= 0.6 is 0 Å². The molecule has 0 aromatic carbocycles. The van der Waals surface area contributed by atoms with E-state index in [2.05, 4.69) is 25.4 Å². The number of pyridine rings is 1. The van der Waals surface area contributed by atoms with E-state index in [0.717, 1.165) is 5.69 Å². The largest absolute Gasteiger partial charge is 0.347 e. The summed E-state index contributed by atoms with van der Waals surface area (Å²) < 4.78 is 14.3. The van der Waals surface area contributed by atoms with Gasteiger partial charge in [0.1, 0.15) is 5.82 Å². The summed E-state index contributed by atoms with van der Waals surface area (Å²) in [5, 5.41) is 7.11. The highest BCUT2D eigenvalue weighted by molar-refractivity contribution is 5.43. The predicted molar refractivity (Wildman–Crippen MR) is 58.9 cm³/mol. The number of nitrogens with one attached hydrogen (secondary N) is 2. The molecule has 0 aliphatic heterocycles. The zero-order valence-electron chi connectivity index (χ0n) is 8.76. The van der Waals surface area contributed by atoms with Gasteiger partial charge in [-0.1, -0.05) is 0 Å². The summed E-state index contributed by atoms with van der Waals surface area (Å²) in [6.45, 7) is 0.541. The first-order chi connectivity index (χ1) is 8.31. The number of hydrogen-bond acceptors (Lipinski definition) is 4. The molecule has 3 aromatic heterocycles. The second-order valence-electron chi connectivity index (χ2n) is 3.52. The summed E-state index contributed by atoms with van der Waals surface area (Å²) in [5.74, 6) is 0.104. The van der Waals surface area contributed by atoms with Crippen LogP contribution < -0.4 is 5.32 Å². The molecule has 3 rings (SSSR count). The van der Waals surface area contributed by atoms with Crippen LogP contribution in [0.1, 0.15) is 5.69 Å². The van der Waals surface area contributed by atoms with Gasteiger partial charge in [-0.2, -0.15) is 4.98 Å². The third-order valence-electron chi connectivity index (χ3n) is 2.29. The molecular weight excluding hydrogens is 223 g/mol. The van der Waals surface area contributed by atoms with Gasteiger partial charge in [0.25, 0.3) is 0 Å². The highest BCUT2D eigenvalue weighted by Gasteiger charge is 2.03. The van der Waals surface area contributed by atoms with E-state index in [0.29, 0.717) is 18.1 Å². The third kappa shape index (κ3) is 1.94. The minimum Gasteiger partial charge on any atom is -0.347 e. The normalized spacial score (nSPS) is 10.9. The van der Waals surface area contributed by atoms with Crippen LogP contribution in [0.25, 0.3) is 5.65 Å². The Hall–Kier alpha value is -2.44. The fourth-order valence-corrected chi connectivity index (χ4v) is 1.49. The molecule has 0 fully saturated rings. The number of imidazole rings is 1. The average Bonchev–Trinajstić information content (AvgIpc) is 2.94. The van der Waals surface area contributed by atoms with Crippen LogP contribution in [0.4, 0.5) is 10.3 Å². The lowest BCUT2D eigenvalue weighted by Gasteiger charge is -1.96. The molecule has 7 heteroatoms. The number of aromatic nitrogens is 5. The number of hydrogen-bond donors (Lipinski definition) is 2. The third-order valence-corrected chi connectivity index (χ3v) is 2.29. The Bertz CT molecular complexity index is 629. The molecule has 0 spiro atoms. The van der Waals surface area contributed by atoms with Gasteiger partial charge in [0.05, 0.1) is 24.8 Å². The van der Waals surface area contributed by atoms with Gasteiger partial charge >= 0.3 is 0 Å². The maximum Gasteiger partial charge on any atom is 0.243 e. The van der Waals surface area contributed by atoms with Crippen molar-refractivity contribution in [1.29, 1.82) is 0 Å². The zero-order chi connectivity index (χ0) is 11.7. The molecule has 0 saturated heterocycles. The van der Waals surface area contributed by atoms with E-state index in [1.807, 2.05) is 0 Å². The van der Waals surface area contributed by atoms with E-state index in [-0.39, 0.29) is 5.82 Å². The van der Waals surface area contributed by atoms with E-state index >= 15 is 0 Å². The molecule has 3 heterocycles. The number of H-pyrrole nitrogens is 1. The van der Waals surface area contributed by atoms with Crippen LogP contribution in [0.2, 0.25) is 0 Å². The molecule has 0 radical (unpaired) electrons. The Morgan fingerprint density at radius 2 is 2.35 bits per heavy atom. The number of anilines is 1. The lowest BCUT2D eigenvalue weighted by Crippen LogP contribution is -2.01. The molecule has 0 bridgehead atoms. The Balaban J connectivity index is 1.81. The Morgan fingerprint density at radius 1 is 1.41 bits per heavy atom. The van der Waals surface area contributed by atoms with Crippen molar-refractivity contribution >= 4 is 11.6 Å². The van der Waals surface area contributed by atoms with Gasteiger partial charge in [-0.3, -0.25) is 0 Å². The van der Waals surface area contributed by atoms with Crippen LogP contribution in [0.5, 0.6) is 0 Å². The number of rotatable bonds is 3. The fraction of sp³-hybridized carbons (Fsp3) is 0.100. The van der Waals surface area contributed by atoms with Gasteiger partial charge in [-0.15, -0.1) is 5.10 Å². The van der Waals surface area contributed by atoms with Crippen molar-refractivity contribution in [3.63, 3.8) is 0 Å². The Kier molecular flexibility index (Phi) is 2.21. The van der Waals surface area contributed by atoms with Crippen molar-refractivity contribution in [1.82, 2.24) is 24.6 Å². The van der Waals surface area contributed by atoms with Gasteiger partial charge in [0.15, 0.2) is 5.65 Å². The first-order valence-corrected chi connectivity index (χ1v) is 5.04. The number of fused-ring (bicyclic) bond motifs is 1. The van der Waals surface area contributed by atoms with Crippen LogP contribution in [0.3, 0.4) is 0 Å². The fourth-order valence-electron chi connectivity index (χ4n) is 1.49. The minimum absolute atomic E-state index is 0.345. The molecule has 3 aromatic rings. The molecule has 17 heavy (non-hydrogen) atoms. The summed E-state index contributed by atoms with van der Waals surface area (Å²) >= 11 is 0. The predicted octanol–water partition coefficient (Wildman–Crippen LogP) is 1.20. The van der Waals surface area contributed by atoms with Gasteiger partial charge in [-0.25, -0.2) is 13.9 Å². The maximum absolute atomic E-state index is 12.9. The van der Waals surface area contributed by atoms with Gasteiger partial charge in [0, 0.05) is 6.20 Å². The van der Waals surface area contributed by atoms with Crippen molar-refractivity contribution in [2.45, 2.75) is 6.54 Å². The Morgan fingerprint density at radius 3 is 3.18 bits per heavy atom. The smallest absolute Gasteiger partial charge is 0.243 e. The standard InChI is InChI=1S/C10H9FN6/c11-7-1-2-9-15-10(16-17(9)5-7)13-4-8-3-12-6-14-8/h1-3,5-6H,4H2,(H,12,14)(H,13,16). The van der Waals surface area contributed by atoms with Crippen molar-refractivity contribution in [3.8, 4) is 0 Å². The SMILES string of the molecule is Fc1ccc2nc(NCc3cnc[nH]3)nn2c1. The summed E-state index contributed by atoms with van der Waals surface area (Å²) in [4.78, 5) is 11.0. The van der Waals surface area contributed by atoms with E-state index < -0.39 is 0 Å². The summed E-state index contributed by atoms with van der Waals surface area (Å²) in [6.07, 6.45) is 4.59. The highest BCUT2D eigenvalue weighted by atomic mass is 19.1. The van der Waals surface area contributed by atoms with Crippen LogP contribution in [0.15, 0.2) is 30.9 Å². The average molecular weight is 232 g/mol. The molecule has 86 valence electrons. The number of halogens is 1. The number of nitrogens with zero attached hydrogens (tertiary/aromatic N) is 4. The van der Waals surface area contributed by atoms with Crippen LogP contribution in [0, 0.1) is 5.82 Å². The lowest BCUT2D eigenvalue weighted by atomic mass is 10.5. The zero-order valence-corrected chi connectivity index (χ0v) is 8.76. The first-order valence-electron chi connectivity index (χ1n) is 5.04. The second kappa shape index (κ2) is 3.85. The number of aromatic amines is 1. The van der Waals surface area contributed by atoms with Crippen LogP contribution in [-0.2, 0) is 6.54 Å². The highest BCUT2D eigenvalue weighted by Crippen LogP contribution is 2.07. The lowest BCUT2D eigenvalue weighted by molar-refractivity contribution is 0.615. The summed E-state index contributed by atoms with van der Waals surface area (Å²) in [6, 6.07) is 2.92. The maximum atomic E-state index is 12.9. The molecule has 0 saturated carbocycles. The quantitative estimate of drug-likeness (QED) is 0.712. The molecule has 0 atom stereocenters. The van der Waals surface area contributed by atoms with Crippen molar-refractivity contribution < 1.29 is 4.39 Å². The molecule has 0 unspecified atom stereocenters. The topological polar surface area (TPSA) is 70.9 Å². The second-order valence-corrected chi connectivity index (χ2v) is 3.52. The molecule has 0 amide bonds. The van der Waals surface area contributed by atoms with E-state index in [9.17, 15) is 4.39 Å². The summed E-state index contributed by atoms with van der Waals surface area (Å²) in [7, 11) is 0. The molecule has 2 N–H and O–H groups in total. The van der Waals surface area contributed by atoms with Crippen LogP contribution in [-0.4, -0.2) is 24.6 Å². The molecule has 6 nitrogen and oxygen atoms in total. The molecule has 0 aliphatic carbocycles. The van der Waals surface area contributed by atoms with Gasteiger partial charge < -0.3 is 10.3 Å². The molecule has 0 aliphatic rings. The monoisotopic (exact) mass is 232 g/mol. The van der Waals surface area contributed by atoms with Gasteiger partial charge in [0.2, 0.25) is 5.95 Å². The van der Waals surface area contributed by atoms with Crippen molar-refractivity contribution in [3.05, 3.63) is 42.4 Å². The molecular formula is C10H9FN6. The summed E-state index contributed by atoms with van der Waals surface area (Å²) in [5.41, 5.74) is 1.52. The minimum atomic E-state index is -0.345. The first kappa shape index (κ1) is 9.76. The van der Waals surface area contributed by atoms with E-state index in [1.54, 1.807) is 18.6 Å². The van der Waals surface area contributed by atoms with Gasteiger partial charge in [-0.05, 0) is 12.1 Å². The van der Waals surface area contributed by atoms with E-state index in [4.69, 9.17) is 0 Å². The van der Waals surface area contributed by atoms with E-state index in [1.165, 1.54) is 16.8 Å².